The van der Waals surface area contributed by atoms with Gasteiger partial charge >= 0.3 is 6.03 Å². The minimum Gasteiger partial charge on any atom is -0.503 e. The number of benzene rings is 2. The van der Waals surface area contributed by atoms with Crippen LogP contribution < -0.4 is 20.9 Å². The third-order valence-electron chi connectivity index (χ3n) is 6.32. The molecule has 0 saturated heterocycles. The van der Waals surface area contributed by atoms with E-state index in [2.05, 4.69) is 15.6 Å². The number of allylic oxidation sites excluding steroid dienone is 1. The zero-order chi connectivity index (χ0) is 24.1. The van der Waals surface area contributed by atoms with E-state index in [9.17, 15) is 14.7 Å². The summed E-state index contributed by atoms with van der Waals surface area (Å²) in [5.74, 6) is 0.313. The number of halogens is 1. The van der Waals surface area contributed by atoms with Crippen LogP contribution in [0.4, 0.5) is 21.9 Å². The molecule has 0 saturated carbocycles. The molecule has 0 aliphatic carbocycles. The van der Waals surface area contributed by atoms with Crippen molar-refractivity contribution in [1.29, 1.82) is 0 Å². The zero-order valence-electron chi connectivity index (χ0n) is 19.2. The molecule has 1 unspecified atom stereocenters. The van der Waals surface area contributed by atoms with Crippen molar-refractivity contribution in [1.82, 2.24) is 10.3 Å². The Balaban J connectivity index is 1.47. The first-order chi connectivity index (χ1) is 16.3. The van der Waals surface area contributed by atoms with E-state index < -0.39 is 0 Å². The molecule has 5 rings (SSSR count). The number of rotatable bonds is 4. The molecule has 0 bridgehead atoms. The molecular weight excluding hydrogens is 454 g/mol. The molecule has 176 valence electrons. The van der Waals surface area contributed by atoms with Crippen LogP contribution in [0.5, 0.6) is 5.75 Å². The normalized spacial score (nSPS) is 16.6. The number of phenols is 1. The molecule has 6 N–H and O–H groups in total. The molecule has 1 atom stereocenters. The second kappa shape index (κ2) is 8.38. The number of aromatic amines is 1. The quantitative estimate of drug-likeness (QED) is 0.221. The summed E-state index contributed by atoms with van der Waals surface area (Å²) >= 11 is 6.32. The average molecular weight is 481 g/mol. The van der Waals surface area contributed by atoms with Crippen molar-refractivity contribution in [2.75, 3.05) is 22.6 Å². The van der Waals surface area contributed by atoms with Gasteiger partial charge in [0.25, 0.3) is 5.91 Å². The lowest BCUT2D eigenvalue weighted by Crippen LogP contribution is -2.69. The van der Waals surface area contributed by atoms with Crippen LogP contribution in [0.15, 0.2) is 36.5 Å². The largest absolute Gasteiger partial charge is 0.503 e. The zero-order valence-corrected chi connectivity index (χ0v) is 20.0. The lowest BCUT2D eigenvalue weighted by molar-refractivity contribution is -0.492. The maximum Gasteiger partial charge on any atom is 0.319 e. The van der Waals surface area contributed by atoms with Gasteiger partial charge in [-0.2, -0.15) is 0 Å². The summed E-state index contributed by atoms with van der Waals surface area (Å²) in [7, 11) is 0. The lowest BCUT2D eigenvalue weighted by Gasteiger charge is -2.17. The molecule has 2 aromatic carbocycles. The Morgan fingerprint density at radius 1 is 1.29 bits per heavy atom. The van der Waals surface area contributed by atoms with Gasteiger partial charge in [0.1, 0.15) is 11.9 Å². The number of carbonyl (C=O) groups is 2. The standard InChI is InChI=1S/C25H26ClN5O3/c1-12(2)28-25(34)29-16-4-5-17-14(6-16)7-18(30-17)24(33)31-11-15(9-26)22-19(31)8-20(32)23-21(22)13(3)10-27-23/h4-8,10,12,15,27,30,32H,9,11H2,1-3H3,(H2,28,29,34)/p+1. The average Bonchev–Trinajstić information content (AvgIpc) is 3.47. The van der Waals surface area contributed by atoms with E-state index >= 15 is 0 Å². The summed E-state index contributed by atoms with van der Waals surface area (Å²) < 4.78 is 0. The van der Waals surface area contributed by atoms with Gasteiger partial charge in [0.15, 0.2) is 11.4 Å². The van der Waals surface area contributed by atoms with Crippen molar-refractivity contribution in [3.63, 3.8) is 0 Å². The van der Waals surface area contributed by atoms with Gasteiger partial charge in [-0.05, 0) is 50.6 Å². The van der Waals surface area contributed by atoms with Gasteiger partial charge in [-0.15, -0.1) is 11.6 Å². The summed E-state index contributed by atoms with van der Waals surface area (Å²) in [4.78, 5) is 30.5. The molecule has 0 fully saturated rings. The number of urea groups is 1. The molecule has 3 heterocycles. The number of alkyl halides is 1. The predicted octanol–water partition coefficient (Wildman–Crippen LogP) is 3.96. The molecule has 1 aromatic heterocycles. The van der Waals surface area contributed by atoms with Crippen molar-refractivity contribution in [3.8, 4) is 5.75 Å². The highest BCUT2D eigenvalue weighted by Crippen LogP contribution is 2.48. The minimum atomic E-state index is -0.282. The third-order valence-corrected chi connectivity index (χ3v) is 6.69. The summed E-state index contributed by atoms with van der Waals surface area (Å²) in [6, 6.07) is 8.63. The second-order valence-corrected chi connectivity index (χ2v) is 9.45. The first kappa shape index (κ1) is 22.3. The molecule has 34 heavy (non-hydrogen) atoms. The molecule has 3 amide bonds. The topological polar surface area (TPSA) is 114 Å². The van der Waals surface area contributed by atoms with Gasteiger partial charge in [0, 0.05) is 52.6 Å². The summed E-state index contributed by atoms with van der Waals surface area (Å²) in [5.41, 5.74) is 6.38. The molecule has 3 aromatic rings. The highest BCUT2D eigenvalue weighted by atomic mass is 35.5. The van der Waals surface area contributed by atoms with Crippen LogP contribution in [-0.4, -0.2) is 40.5 Å². The molecule has 2 aliphatic rings. The van der Waals surface area contributed by atoms with Crippen molar-refractivity contribution in [2.45, 2.75) is 32.7 Å². The molecule has 8 nitrogen and oxygen atoms in total. The van der Waals surface area contributed by atoms with Gasteiger partial charge in [-0.3, -0.25) is 10.1 Å². The Bertz CT molecular complexity index is 1360. The van der Waals surface area contributed by atoms with Crippen molar-refractivity contribution >= 4 is 57.1 Å². The van der Waals surface area contributed by atoms with Gasteiger partial charge in [0.05, 0.1) is 11.3 Å². The fourth-order valence-corrected chi connectivity index (χ4v) is 5.09. The Morgan fingerprint density at radius 3 is 2.82 bits per heavy atom. The highest BCUT2D eigenvalue weighted by molar-refractivity contribution is 6.19. The fourth-order valence-electron chi connectivity index (χ4n) is 4.84. The van der Waals surface area contributed by atoms with E-state index in [1.54, 1.807) is 23.1 Å². The second-order valence-electron chi connectivity index (χ2n) is 9.14. The van der Waals surface area contributed by atoms with Crippen LogP contribution in [0, 0.1) is 0 Å². The number of nitrogens with zero attached hydrogens (tertiary/aromatic N) is 1. The van der Waals surface area contributed by atoms with Crippen LogP contribution in [0.2, 0.25) is 0 Å². The number of aromatic hydroxyl groups is 1. The van der Waals surface area contributed by atoms with Crippen molar-refractivity contribution in [2.24, 2.45) is 0 Å². The minimum absolute atomic E-state index is 0.0236. The predicted molar refractivity (Wildman–Crippen MR) is 134 cm³/mol. The SMILES string of the molecule is CC1=C[NH2+]c2c(O)cc3c(c21)C(CCl)CN3C(=O)c1cc2cc(NC(=O)NC(C)C)ccc2[nH]1. The number of H-pyrrole nitrogens is 1. The molecule has 9 heteroatoms. The number of hydrogen-bond donors (Lipinski definition) is 5. The highest BCUT2D eigenvalue weighted by Gasteiger charge is 2.39. The van der Waals surface area contributed by atoms with Crippen molar-refractivity contribution in [3.05, 3.63) is 53.4 Å². The van der Waals surface area contributed by atoms with E-state index in [0.717, 1.165) is 33.3 Å². The van der Waals surface area contributed by atoms with E-state index in [4.69, 9.17) is 11.6 Å². The van der Waals surface area contributed by atoms with Crippen LogP contribution in [-0.2, 0) is 0 Å². The molecule has 0 spiro atoms. The van der Waals surface area contributed by atoms with Gasteiger partial charge in [-0.25, -0.2) is 4.79 Å². The van der Waals surface area contributed by atoms with E-state index in [-0.39, 0.29) is 29.6 Å². The fraction of sp³-hybridized carbons (Fsp3) is 0.280. The van der Waals surface area contributed by atoms with Gasteiger partial charge in [-0.1, -0.05) is 0 Å². The Morgan fingerprint density at radius 2 is 2.09 bits per heavy atom. The Kier molecular flexibility index (Phi) is 5.50. The number of aromatic nitrogens is 1. The monoisotopic (exact) mass is 480 g/mol. The number of carbonyl (C=O) groups excluding carboxylic acids is 2. The summed E-state index contributed by atoms with van der Waals surface area (Å²) in [6.07, 6.45) is 1.98. The van der Waals surface area contributed by atoms with Gasteiger partial charge in [0.2, 0.25) is 0 Å². The first-order valence-electron chi connectivity index (χ1n) is 11.3. The smallest absolute Gasteiger partial charge is 0.319 e. The van der Waals surface area contributed by atoms with E-state index in [0.29, 0.717) is 29.5 Å². The van der Waals surface area contributed by atoms with Crippen LogP contribution in [0.1, 0.15) is 48.3 Å². The van der Waals surface area contributed by atoms with E-state index in [1.807, 2.05) is 44.4 Å². The molecule has 2 aliphatic heterocycles. The maximum atomic E-state index is 13.6. The number of nitrogens with two attached hydrogens (primary N) is 1. The van der Waals surface area contributed by atoms with Crippen LogP contribution >= 0.6 is 11.6 Å². The lowest BCUT2D eigenvalue weighted by atomic mass is 9.93. The summed E-state index contributed by atoms with van der Waals surface area (Å²) in [6.45, 7) is 6.23. The van der Waals surface area contributed by atoms with E-state index in [1.165, 1.54) is 0 Å². The number of amides is 3. The number of phenolic OH excluding ortho intramolecular Hbond substituents is 1. The third kappa shape index (κ3) is 3.69. The first-order valence-corrected chi connectivity index (χ1v) is 11.8. The maximum absolute atomic E-state index is 13.6. The Labute approximate surface area is 202 Å². The summed E-state index contributed by atoms with van der Waals surface area (Å²) in [5, 5.41) is 18.9. The number of anilines is 2. The number of quaternary nitrogens is 1. The van der Waals surface area contributed by atoms with Crippen LogP contribution in [0.3, 0.4) is 0 Å². The van der Waals surface area contributed by atoms with Crippen LogP contribution in [0.25, 0.3) is 16.5 Å². The van der Waals surface area contributed by atoms with Crippen molar-refractivity contribution < 1.29 is 20.0 Å². The number of fused-ring (bicyclic) bond motifs is 4. The molecular formula is C25H27ClN5O3+. The Hall–Kier alpha value is -3.49. The molecule has 0 radical (unpaired) electrons. The van der Waals surface area contributed by atoms with Gasteiger partial charge < -0.3 is 25.6 Å². The number of hydrogen-bond acceptors (Lipinski definition) is 3. The number of nitrogens with one attached hydrogen (secondary N) is 3.